The third kappa shape index (κ3) is 2.95. The molecule has 0 bridgehead atoms. The number of nitrogens with one attached hydrogen (secondary N) is 2. The lowest BCUT2D eigenvalue weighted by molar-refractivity contribution is 0.100. The molecule has 0 aliphatic carbocycles. The molecule has 1 aliphatic heterocycles. The maximum Gasteiger partial charge on any atom is 0.248 e. The molecule has 1 aliphatic rings. The molecular weight excluding hydrogens is 286 g/mol. The number of nitrogens with two attached hydrogens (primary N) is 1. The van der Waals surface area contributed by atoms with E-state index in [9.17, 15) is 4.79 Å². The Hall–Kier alpha value is -2.20. The number of rotatable bonds is 3. The summed E-state index contributed by atoms with van der Waals surface area (Å²) in [5.41, 5.74) is 9.87. The van der Waals surface area contributed by atoms with Crippen molar-refractivity contribution in [3.63, 3.8) is 0 Å². The zero-order chi connectivity index (χ0) is 14.8. The number of hydrogen-bond donors (Lipinski definition) is 3. The van der Waals surface area contributed by atoms with Crippen molar-refractivity contribution in [2.24, 2.45) is 5.73 Å². The maximum absolute atomic E-state index is 11.1. The summed E-state index contributed by atoms with van der Waals surface area (Å²) in [6.07, 6.45) is 2.22. The van der Waals surface area contributed by atoms with E-state index in [-0.39, 0.29) is 0 Å². The zero-order valence-electron chi connectivity index (χ0n) is 11.4. The van der Waals surface area contributed by atoms with Crippen LogP contribution in [0.3, 0.4) is 0 Å². The average Bonchev–Trinajstić information content (AvgIpc) is 2.49. The van der Waals surface area contributed by atoms with E-state index in [1.165, 1.54) is 11.3 Å². The van der Waals surface area contributed by atoms with Gasteiger partial charge in [-0.3, -0.25) is 4.79 Å². The third-order valence-corrected chi connectivity index (χ3v) is 3.89. The second kappa shape index (κ2) is 5.66. The van der Waals surface area contributed by atoms with E-state index < -0.39 is 5.91 Å². The molecule has 0 fully saturated rings. The van der Waals surface area contributed by atoms with Crippen LogP contribution < -0.4 is 16.4 Å². The van der Waals surface area contributed by atoms with Gasteiger partial charge in [-0.25, -0.2) is 0 Å². The van der Waals surface area contributed by atoms with E-state index in [1.54, 1.807) is 18.2 Å². The van der Waals surface area contributed by atoms with Gasteiger partial charge in [-0.1, -0.05) is 11.6 Å². The van der Waals surface area contributed by atoms with Crippen molar-refractivity contribution in [2.75, 3.05) is 17.2 Å². The van der Waals surface area contributed by atoms with Crippen LogP contribution in [-0.2, 0) is 6.42 Å². The molecule has 2 aromatic rings. The molecule has 0 saturated carbocycles. The standard InChI is InChI=1S/C16H16ClN3O/c17-13-9-11(16(18)21)3-5-15(13)20-12-4-6-14-10(8-12)2-1-7-19-14/h3-6,8-9,19-20H,1-2,7H2,(H2,18,21). The van der Waals surface area contributed by atoms with Crippen molar-refractivity contribution in [1.29, 1.82) is 0 Å². The van der Waals surface area contributed by atoms with Gasteiger partial charge in [0.15, 0.2) is 0 Å². The monoisotopic (exact) mass is 301 g/mol. The van der Waals surface area contributed by atoms with Crippen LogP contribution >= 0.6 is 11.6 Å². The van der Waals surface area contributed by atoms with Crippen molar-refractivity contribution in [1.82, 2.24) is 0 Å². The highest BCUT2D eigenvalue weighted by molar-refractivity contribution is 6.33. The highest BCUT2D eigenvalue weighted by atomic mass is 35.5. The van der Waals surface area contributed by atoms with Gasteiger partial charge in [0.2, 0.25) is 5.91 Å². The van der Waals surface area contributed by atoms with Crippen molar-refractivity contribution in [3.8, 4) is 0 Å². The van der Waals surface area contributed by atoms with Crippen LogP contribution in [-0.4, -0.2) is 12.5 Å². The zero-order valence-corrected chi connectivity index (χ0v) is 12.2. The number of carbonyl (C=O) groups excluding carboxylic acids is 1. The Morgan fingerprint density at radius 3 is 2.86 bits per heavy atom. The molecule has 0 radical (unpaired) electrons. The first-order valence-electron chi connectivity index (χ1n) is 6.86. The maximum atomic E-state index is 11.1. The first kappa shape index (κ1) is 13.8. The Morgan fingerprint density at radius 2 is 2.10 bits per heavy atom. The molecule has 21 heavy (non-hydrogen) atoms. The molecule has 108 valence electrons. The summed E-state index contributed by atoms with van der Waals surface area (Å²) in [7, 11) is 0. The van der Waals surface area contributed by atoms with Gasteiger partial charge < -0.3 is 16.4 Å². The third-order valence-electron chi connectivity index (χ3n) is 3.58. The van der Waals surface area contributed by atoms with Crippen molar-refractivity contribution in [3.05, 3.63) is 52.5 Å². The van der Waals surface area contributed by atoms with E-state index >= 15 is 0 Å². The summed E-state index contributed by atoms with van der Waals surface area (Å²) < 4.78 is 0. The SMILES string of the molecule is NC(=O)c1ccc(Nc2ccc3c(c2)CCCN3)c(Cl)c1. The molecule has 4 N–H and O–H groups in total. The summed E-state index contributed by atoms with van der Waals surface area (Å²) in [5.74, 6) is -0.483. The van der Waals surface area contributed by atoms with Gasteiger partial charge in [0, 0.05) is 23.5 Å². The highest BCUT2D eigenvalue weighted by Gasteiger charge is 2.10. The lowest BCUT2D eigenvalue weighted by atomic mass is 10.0. The predicted octanol–water partition coefficient (Wildman–Crippen LogP) is 3.54. The molecule has 1 amide bonds. The van der Waals surface area contributed by atoms with E-state index in [1.807, 2.05) is 6.07 Å². The van der Waals surface area contributed by atoms with Crippen LogP contribution in [0.1, 0.15) is 22.3 Å². The smallest absolute Gasteiger partial charge is 0.248 e. The molecular formula is C16H16ClN3O. The van der Waals surface area contributed by atoms with E-state index in [0.29, 0.717) is 10.6 Å². The Kier molecular flexibility index (Phi) is 3.71. The van der Waals surface area contributed by atoms with Crippen LogP contribution in [0.4, 0.5) is 17.1 Å². The normalized spacial score (nSPS) is 13.2. The van der Waals surface area contributed by atoms with Gasteiger partial charge >= 0.3 is 0 Å². The van der Waals surface area contributed by atoms with Gasteiger partial charge in [-0.2, -0.15) is 0 Å². The molecule has 5 heteroatoms. The Morgan fingerprint density at radius 1 is 1.24 bits per heavy atom. The molecule has 3 rings (SSSR count). The Balaban J connectivity index is 1.85. The van der Waals surface area contributed by atoms with Crippen LogP contribution in [0, 0.1) is 0 Å². The largest absolute Gasteiger partial charge is 0.385 e. The summed E-state index contributed by atoms with van der Waals surface area (Å²) in [5, 5.41) is 7.13. The van der Waals surface area contributed by atoms with Crippen LogP contribution in [0.2, 0.25) is 5.02 Å². The van der Waals surface area contributed by atoms with Crippen molar-refractivity contribution >= 4 is 34.6 Å². The number of hydrogen-bond acceptors (Lipinski definition) is 3. The lowest BCUT2D eigenvalue weighted by Gasteiger charge is -2.19. The summed E-state index contributed by atoms with van der Waals surface area (Å²) in [4.78, 5) is 11.1. The molecule has 1 heterocycles. The second-order valence-electron chi connectivity index (χ2n) is 5.09. The quantitative estimate of drug-likeness (QED) is 0.812. The molecule has 4 nitrogen and oxygen atoms in total. The first-order chi connectivity index (χ1) is 10.1. The Bertz CT molecular complexity index is 700. The van der Waals surface area contributed by atoms with Gasteiger partial charge in [-0.05, 0) is 54.8 Å². The first-order valence-corrected chi connectivity index (χ1v) is 7.24. The van der Waals surface area contributed by atoms with Crippen molar-refractivity contribution in [2.45, 2.75) is 12.8 Å². The number of carbonyl (C=O) groups is 1. The number of aryl methyl sites for hydroxylation is 1. The highest BCUT2D eigenvalue weighted by Crippen LogP contribution is 2.30. The number of benzene rings is 2. The summed E-state index contributed by atoms with van der Waals surface area (Å²) in [6.45, 7) is 1.03. The number of amides is 1. The lowest BCUT2D eigenvalue weighted by Crippen LogP contribution is -2.12. The molecule has 0 atom stereocenters. The fourth-order valence-corrected chi connectivity index (χ4v) is 2.71. The summed E-state index contributed by atoms with van der Waals surface area (Å²) in [6, 6.07) is 11.2. The fourth-order valence-electron chi connectivity index (χ4n) is 2.48. The topological polar surface area (TPSA) is 67.2 Å². The predicted molar refractivity (Wildman–Crippen MR) is 86.5 cm³/mol. The van der Waals surface area contributed by atoms with Crippen LogP contribution in [0.15, 0.2) is 36.4 Å². The molecule has 0 spiro atoms. The molecule has 0 unspecified atom stereocenters. The molecule has 2 aromatic carbocycles. The fraction of sp³-hybridized carbons (Fsp3) is 0.188. The van der Waals surface area contributed by atoms with Gasteiger partial charge in [0.25, 0.3) is 0 Å². The molecule has 0 aromatic heterocycles. The van der Waals surface area contributed by atoms with Gasteiger partial charge in [0.1, 0.15) is 0 Å². The minimum absolute atomic E-state index is 0.403. The minimum Gasteiger partial charge on any atom is -0.385 e. The van der Waals surface area contributed by atoms with E-state index in [2.05, 4.69) is 22.8 Å². The van der Waals surface area contributed by atoms with E-state index in [0.717, 1.165) is 30.8 Å². The van der Waals surface area contributed by atoms with Crippen molar-refractivity contribution < 1.29 is 4.79 Å². The number of halogens is 1. The van der Waals surface area contributed by atoms with Gasteiger partial charge in [-0.15, -0.1) is 0 Å². The van der Waals surface area contributed by atoms with Crippen LogP contribution in [0.25, 0.3) is 0 Å². The summed E-state index contributed by atoms with van der Waals surface area (Å²) >= 11 is 6.18. The number of primary amides is 1. The minimum atomic E-state index is -0.483. The number of anilines is 3. The van der Waals surface area contributed by atoms with Gasteiger partial charge in [0.05, 0.1) is 10.7 Å². The second-order valence-corrected chi connectivity index (χ2v) is 5.49. The Labute approximate surface area is 128 Å². The number of fused-ring (bicyclic) bond motifs is 1. The van der Waals surface area contributed by atoms with E-state index in [4.69, 9.17) is 17.3 Å². The van der Waals surface area contributed by atoms with Crippen LogP contribution in [0.5, 0.6) is 0 Å². The average molecular weight is 302 g/mol. The molecule has 0 saturated heterocycles.